The van der Waals surface area contributed by atoms with E-state index in [1.54, 1.807) is 40.2 Å². The summed E-state index contributed by atoms with van der Waals surface area (Å²) in [7, 11) is 0. The Kier molecular flexibility index (Phi) is 5.54. The molecule has 0 saturated carbocycles. The summed E-state index contributed by atoms with van der Waals surface area (Å²) in [6.45, 7) is 0. The van der Waals surface area contributed by atoms with Gasteiger partial charge in [-0.25, -0.2) is 0 Å². The van der Waals surface area contributed by atoms with Crippen molar-refractivity contribution in [2.45, 2.75) is 0 Å². The van der Waals surface area contributed by atoms with Crippen molar-refractivity contribution in [3.63, 3.8) is 0 Å². The lowest BCUT2D eigenvalue weighted by Gasteiger charge is -2.20. The summed E-state index contributed by atoms with van der Waals surface area (Å²) in [6.07, 6.45) is 0. The van der Waals surface area contributed by atoms with Crippen LogP contribution in [-0.2, 0) is 0 Å². The van der Waals surface area contributed by atoms with Crippen LogP contribution in [-0.4, -0.2) is 33.2 Å². The first kappa shape index (κ1) is 27.0. The average molecular weight is 939 g/mol. The van der Waals surface area contributed by atoms with Gasteiger partial charge < -0.3 is 9.13 Å². The van der Waals surface area contributed by atoms with E-state index >= 15 is 0 Å². The van der Waals surface area contributed by atoms with Gasteiger partial charge in [0.25, 0.3) is 0 Å². The molecule has 6 aromatic heterocycles. The maximum atomic E-state index is 10.5. The lowest BCUT2D eigenvalue weighted by molar-refractivity contribution is 0.891. The van der Waals surface area contributed by atoms with Gasteiger partial charge >= 0.3 is 0 Å². The van der Waals surface area contributed by atoms with Crippen LogP contribution in [0.5, 0.6) is 0 Å². The predicted molar refractivity (Wildman–Crippen MR) is 296 cm³/mol. The highest BCUT2D eigenvalue weighted by molar-refractivity contribution is 7.26. The standard InChI is InChI=1S/C63H37N7S/c1-9-26-47-38(18-1)39-19-2-10-27-48(39)67(47)54-33-17-34-55(68-49-28-11-7-24-44(49)45-36-37-57-58(60(45)68)46-25-8-16-35-56(46)71-57)59(54)61-64-62(69-50-29-12-3-20-40(50)41-21-4-13-30-51(41)69)66-63(65-61)70-52-31-14-5-22-42(52)43-23-6-15-32-53(43)70/h1-37H/i1D,3D,4D,9D,12D,13D,17D,18D,20D,21D,26D,29D,30D,33D,34D. The molecule has 0 amide bonds. The molecular weight excluding hydrogens is 887 g/mol. The Morgan fingerprint density at radius 2 is 0.761 bits per heavy atom. The van der Waals surface area contributed by atoms with Crippen LogP contribution in [0.4, 0.5) is 0 Å². The van der Waals surface area contributed by atoms with Gasteiger partial charge in [-0.3, -0.25) is 9.13 Å². The van der Waals surface area contributed by atoms with E-state index in [1.165, 1.54) is 9.13 Å². The maximum absolute atomic E-state index is 10.5. The van der Waals surface area contributed by atoms with Crippen LogP contribution in [0.2, 0.25) is 0 Å². The molecule has 16 rings (SSSR count). The third-order valence-electron chi connectivity index (χ3n) is 13.6. The molecule has 0 aliphatic rings. The Bertz CT molecular complexity index is 5690. The second-order valence-electron chi connectivity index (χ2n) is 17.2. The lowest BCUT2D eigenvalue weighted by Crippen LogP contribution is -2.12. The van der Waals surface area contributed by atoms with Crippen LogP contribution in [0.1, 0.15) is 20.6 Å². The minimum absolute atomic E-state index is 0.0295. The highest BCUT2D eigenvalue weighted by Gasteiger charge is 2.28. The Balaban J connectivity index is 1.20. The van der Waals surface area contributed by atoms with Crippen molar-refractivity contribution >= 4 is 119 Å². The summed E-state index contributed by atoms with van der Waals surface area (Å²) in [4.78, 5) is 16.0. The van der Waals surface area contributed by atoms with Crippen LogP contribution in [0.3, 0.4) is 0 Å². The average Bonchev–Trinajstić information content (AvgIpc) is 1.51. The summed E-state index contributed by atoms with van der Waals surface area (Å²) in [5, 5.41) is 4.82. The first-order chi connectivity index (χ1) is 41.5. The molecule has 16 aromatic rings. The van der Waals surface area contributed by atoms with E-state index in [1.807, 2.05) is 114 Å². The maximum Gasteiger partial charge on any atom is 0.240 e. The molecule has 330 valence electrons. The quantitative estimate of drug-likeness (QED) is 0.173. The first-order valence-electron chi connectivity index (χ1n) is 30.2. The van der Waals surface area contributed by atoms with Crippen molar-refractivity contribution in [1.82, 2.24) is 33.2 Å². The number of hydrogen-bond donors (Lipinski definition) is 0. The van der Waals surface area contributed by atoms with Gasteiger partial charge in [-0.2, -0.15) is 15.0 Å². The van der Waals surface area contributed by atoms with E-state index in [2.05, 4.69) is 0 Å². The molecule has 71 heavy (non-hydrogen) atoms. The van der Waals surface area contributed by atoms with Crippen molar-refractivity contribution in [1.29, 1.82) is 0 Å². The summed E-state index contributed by atoms with van der Waals surface area (Å²) in [5.41, 5.74) is 1.72. The summed E-state index contributed by atoms with van der Waals surface area (Å²) >= 11 is 1.57. The molecule has 10 aromatic carbocycles. The second kappa shape index (κ2) is 14.6. The molecule has 0 N–H and O–H groups in total. The molecule has 0 bridgehead atoms. The highest BCUT2D eigenvalue weighted by Crippen LogP contribution is 2.46. The Morgan fingerprint density at radius 1 is 0.324 bits per heavy atom. The molecule has 0 fully saturated rings. The van der Waals surface area contributed by atoms with Gasteiger partial charge in [0.2, 0.25) is 11.9 Å². The van der Waals surface area contributed by atoms with Crippen molar-refractivity contribution in [2.24, 2.45) is 0 Å². The van der Waals surface area contributed by atoms with E-state index < -0.39 is 90.5 Å². The smallest absolute Gasteiger partial charge is 0.240 e. The van der Waals surface area contributed by atoms with E-state index in [0.717, 1.165) is 41.7 Å². The Morgan fingerprint density at radius 3 is 1.37 bits per heavy atom. The monoisotopic (exact) mass is 938 g/mol. The zero-order valence-corrected chi connectivity index (χ0v) is 37.6. The number of rotatable bonds is 5. The van der Waals surface area contributed by atoms with E-state index in [4.69, 9.17) is 23.2 Å². The SMILES string of the molecule is [2H]c1c([2H])c(-n2c3ccccc3c3c([2H])c([2H])c([2H])c([2H])c32)c(-c2nc(-n3c4ccccc4c4ccccc43)nc(-n3c4c([2H])c([2H])c([2H])c([2H])c4c4c([2H])c([2H])c([2H])c([2H])c43)n2)c(-n2c3ccccc3c3ccc4sc5ccccc5c4c32)c1[2H]. The molecule has 0 atom stereocenters. The van der Waals surface area contributed by atoms with Crippen LogP contribution < -0.4 is 0 Å². The molecule has 7 nitrogen and oxygen atoms in total. The molecule has 6 heterocycles. The van der Waals surface area contributed by atoms with Gasteiger partial charge in [0.05, 0.1) is 81.6 Å². The summed E-state index contributed by atoms with van der Waals surface area (Å²) in [6, 6.07) is 32.9. The molecular formula is C63H37N7S. The minimum Gasteiger partial charge on any atom is -0.308 e. The third kappa shape index (κ3) is 5.34. The predicted octanol–water partition coefficient (Wildman–Crippen LogP) is 16.3. The van der Waals surface area contributed by atoms with Crippen molar-refractivity contribution < 1.29 is 20.6 Å². The topological polar surface area (TPSA) is 58.4 Å². The minimum atomic E-state index is -0.679. The van der Waals surface area contributed by atoms with Gasteiger partial charge in [0.15, 0.2) is 5.82 Å². The van der Waals surface area contributed by atoms with Crippen LogP contribution in [0.25, 0.3) is 142 Å². The van der Waals surface area contributed by atoms with Gasteiger partial charge in [-0.1, -0.05) is 157 Å². The first-order valence-corrected chi connectivity index (χ1v) is 23.5. The van der Waals surface area contributed by atoms with Crippen LogP contribution in [0, 0.1) is 0 Å². The largest absolute Gasteiger partial charge is 0.308 e. The van der Waals surface area contributed by atoms with E-state index in [-0.39, 0.29) is 67.5 Å². The Labute approximate surface area is 430 Å². The molecule has 0 saturated heterocycles. The van der Waals surface area contributed by atoms with Gasteiger partial charge in [-0.05, 0) is 66.6 Å². The van der Waals surface area contributed by atoms with Gasteiger partial charge in [-0.15, -0.1) is 11.3 Å². The van der Waals surface area contributed by atoms with Crippen molar-refractivity contribution in [3.05, 3.63) is 224 Å². The molecule has 0 spiro atoms. The summed E-state index contributed by atoms with van der Waals surface area (Å²) in [5.74, 6) is -0.846. The Hall–Kier alpha value is -9.37. The van der Waals surface area contributed by atoms with E-state index in [9.17, 15) is 12.3 Å². The van der Waals surface area contributed by atoms with E-state index in [0.29, 0.717) is 33.0 Å². The molecule has 0 aliphatic heterocycles. The fourth-order valence-corrected chi connectivity index (χ4v) is 11.9. The lowest BCUT2D eigenvalue weighted by atomic mass is 10.1. The van der Waals surface area contributed by atoms with Gasteiger partial charge in [0, 0.05) is 63.3 Å². The molecule has 0 aliphatic carbocycles. The molecule has 0 unspecified atom stereocenters. The number of aromatic nitrogens is 7. The number of fused-ring (bicyclic) bond motifs is 16. The van der Waals surface area contributed by atoms with Crippen LogP contribution in [0.15, 0.2) is 224 Å². The number of nitrogens with zero attached hydrogens (tertiary/aromatic N) is 7. The highest BCUT2D eigenvalue weighted by atomic mass is 32.1. The number of benzene rings is 10. The molecule has 8 heteroatoms. The fraction of sp³-hybridized carbons (Fsp3) is 0. The van der Waals surface area contributed by atoms with Crippen molar-refractivity contribution in [2.75, 3.05) is 0 Å². The molecule has 0 radical (unpaired) electrons. The zero-order chi connectivity index (χ0) is 59.4. The number of thiophene rings is 1. The fourth-order valence-electron chi connectivity index (χ4n) is 10.8. The summed E-state index contributed by atoms with van der Waals surface area (Å²) < 4.78 is 150. The number of para-hydroxylation sites is 7. The third-order valence-corrected chi connectivity index (χ3v) is 14.7. The van der Waals surface area contributed by atoms with Gasteiger partial charge in [0.1, 0.15) is 0 Å². The second-order valence-corrected chi connectivity index (χ2v) is 18.3. The zero-order valence-electron chi connectivity index (χ0n) is 51.7. The van der Waals surface area contributed by atoms with Crippen LogP contribution >= 0.6 is 11.3 Å². The van der Waals surface area contributed by atoms with Crippen molar-refractivity contribution in [3.8, 4) is 34.7 Å². The number of hydrogen-bond acceptors (Lipinski definition) is 4. The normalized spacial score (nSPS) is 15.2.